The number of sulfonamides is 1. The van der Waals surface area contributed by atoms with Crippen molar-refractivity contribution in [2.24, 2.45) is 0 Å². The van der Waals surface area contributed by atoms with Crippen molar-refractivity contribution in [2.75, 3.05) is 18.0 Å². The van der Waals surface area contributed by atoms with Crippen molar-refractivity contribution < 1.29 is 45.8 Å². The van der Waals surface area contributed by atoms with Crippen LogP contribution in [0.4, 0.5) is 18.9 Å². The monoisotopic (exact) mass is 524 g/mol. The van der Waals surface area contributed by atoms with Crippen LogP contribution >= 0.6 is 7.60 Å². The van der Waals surface area contributed by atoms with Crippen LogP contribution in [0.3, 0.4) is 0 Å². The van der Waals surface area contributed by atoms with E-state index in [0.29, 0.717) is 0 Å². The van der Waals surface area contributed by atoms with Crippen molar-refractivity contribution in [3.8, 4) is 11.1 Å². The van der Waals surface area contributed by atoms with Gasteiger partial charge in [0.1, 0.15) is 5.78 Å². The number of aliphatic carboxylic acids is 1. The van der Waals surface area contributed by atoms with E-state index in [2.05, 4.69) is 17.0 Å². The molecule has 1 saturated heterocycles. The summed E-state index contributed by atoms with van der Waals surface area (Å²) in [6.45, 7) is 3.28. The van der Waals surface area contributed by atoms with Gasteiger partial charge in [0.15, 0.2) is 0 Å². The van der Waals surface area contributed by atoms with E-state index in [1.807, 2.05) is 16.9 Å². The minimum absolute atomic E-state index is 0.0414. The zero-order valence-corrected chi connectivity index (χ0v) is 19.6. The summed E-state index contributed by atoms with van der Waals surface area (Å²) in [6.07, 6.45) is -2.65. The van der Waals surface area contributed by atoms with Gasteiger partial charge in [-0.15, -0.1) is 0 Å². The van der Waals surface area contributed by atoms with Crippen LogP contribution < -0.4 is 9.62 Å². The molecule has 4 N–H and O–H groups in total. The first-order valence-corrected chi connectivity index (χ1v) is 13.1. The Morgan fingerprint density at radius 2 is 1.41 bits per heavy atom. The predicted molar refractivity (Wildman–Crippen MR) is 119 cm³/mol. The molecule has 1 aliphatic rings. The molecule has 1 aliphatic heterocycles. The maximum Gasteiger partial charge on any atom is 0.490 e. The van der Waals surface area contributed by atoms with E-state index < -0.39 is 35.5 Å². The highest BCUT2D eigenvalue weighted by Crippen LogP contribution is 2.39. The third-order valence-electron chi connectivity index (χ3n) is 4.91. The molecule has 34 heavy (non-hydrogen) atoms. The molecule has 188 valence electrons. The lowest BCUT2D eigenvalue weighted by molar-refractivity contribution is -0.192. The Morgan fingerprint density at radius 3 is 1.79 bits per heavy atom. The first-order chi connectivity index (χ1) is 15.6. The molecule has 0 bridgehead atoms. The summed E-state index contributed by atoms with van der Waals surface area (Å²) in [6, 6.07) is 14.4. The lowest BCUT2D eigenvalue weighted by Gasteiger charge is -2.18. The molecule has 1 fully saturated rings. The number of hydrogen-bond acceptors (Lipinski definition) is 5. The number of carbonyl (C=O) groups is 1. The van der Waals surface area contributed by atoms with Crippen LogP contribution in [0.5, 0.6) is 0 Å². The number of nitrogens with one attached hydrogen (secondary N) is 1. The molecule has 0 aliphatic carbocycles. The molecule has 14 heteroatoms. The molecule has 1 heterocycles. The van der Waals surface area contributed by atoms with E-state index in [9.17, 15) is 26.2 Å². The van der Waals surface area contributed by atoms with Crippen LogP contribution in [-0.2, 0) is 19.4 Å². The molecule has 3 rings (SSSR count). The normalized spacial score (nSPS) is 15.4. The third kappa shape index (κ3) is 7.81. The number of anilines is 1. The van der Waals surface area contributed by atoms with Gasteiger partial charge >= 0.3 is 19.7 Å². The first-order valence-electron chi connectivity index (χ1n) is 9.94. The highest BCUT2D eigenvalue weighted by molar-refractivity contribution is 7.89. The summed E-state index contributed by atoms with van der Waals surface area (Å²) >= 11 is 0. The second-order valence-electron chi connectivity index (χ2n) is 7.45. The molecule has 0 aromatic heterocycles. The number of nitrogens with zero attached hydrogens (tertiary/aromatic N) is 1. The fourth-order valence-electron chi connectivity index (χ4n) is 3.03. The van der Waals surface area contributed by atoms with E-state index in [0.717, 1.165) is 31.1 Å². The first kappa shape index (κ1) is 27.8. The zero-order valence-electron chi connectivity index (χ0n) is 17.9. The fraction of sp³-hybridized carbons (Fsp3) is 0.350. The summed E-state index contributed by atoms with van der Waals surface area (Å²) in [5.41, 5.74) is 3.02. The number of alkyl halides is 3. The van der Waals surface area contributed by atoms with Crippen LogP contribution in [0.15, 0.2) is 53.4 Å². The van der Waals surface area contributed by atoms with Gasteiger partial charge in [0.2, 0.25) is 10.0 Å². The summed E-state index contributed by atoms with van der Waals surface area (Å²) in [7, 11) is -8.55. The molecular formula is C20H24F3N2O7PS. The second kappa shape index (κ2) is 10.9. The average molecular weight is 524 g/mol. The van der Waals surface area contributed by atoms with Crippen LogP contribution in [0.1, 0.15) is 19.8 Å². The van der Waals surface area contributed by atoms with Crippen molar-refractivity contribution in [1.29, 1.82) is 0 Å². The Kier molecular flexibility index (Phi) is 8.89. The number of rotatable bonds is 6. The van der Waals surface area contributed by atoms with Gasteiger partial charge in [0.25, 0.3) is 0 Å². The molecule has 2 aromatic carbocycles. The Bertz CT molecular complexity index is 1130. The molecule has 0 amide bonds. The summed E-state index contributed by atoms with van der Waals surface area (Å²) in [5.74, 6) is -4.24. The Balaban J connectivity index is 0.000000509. The fourth-order valence-corrected chi connectivity index (χ4v) is 5.07. The molecule has 2 aromatic rings. The minimum atomic E-state index is -5.08. The standard InChI is InChI=1S/C18H23N2O5PS.C2HF3O2/c1-14(26(21,22)23)19-27(24,25)18-10-6-16(7-11-18)15-4-8-17(9-5-15)20-12-2-3-13-20;3-2(4,5)1(6)7/h4-11,14,19H,2-3,12-13H2,1H3,(H2,21,22,23);(H,6,7). The van der Waals surface area contributed by atoms with Crippen molar-refractivity contribution in [1.82, 2.24) is 4.72 Å². The van der Waals surface area contributed by atoms with Gasteiger partial charge < -0.3 is 19.8 Å². The summed E-state index contributed by atoms with van der Waals surface area (Å²) in [5, 5.41) is 7.12. The summed E-state index contributed by atoms with van der Waals surface area (Å²) in [4.78, 5) is 29.3. The van der Waals surface area contributed by atoms with E-state index in [-0.39, 0.29) is 4.90 Å². The SMILES string of the molecule is CC(NS(=O)(=O)c1ccc(-c2ccc(N3CCCC3)cc2)cc1)P(=O)(O)O.O=C(O)C(F)(F)F. The van der Waals surface area contributed by atoms with E-state index in [4.69, 9.17) is 19.7 Å². The largest absolute Gasteiger partial charge is 0.490 e. The van der Waals surface area contributed by atoms with Crippen molar-refractivity contribution in [3.63, 3.8) is 0 Å². The van der Waals surface area contributed by atoms with Gasteiger partial charge in [-0.3, -0.25) is 4.57 Å². The van der Waals surface area contributed by atoms with Gasteiger partial charge in [-0.05, 0) is 55.2 Å². The van der Waals surface area contributed by atoms with Gasteiger partial charge in [-0.2, -0.15) is 17.9 Å². The molecular weight excluding hydrogens is 500 g/mol. The Labute approximate surface area is 194 Å². The predicted octanol–water partition coefficient (Wildman–Crippen LogP) is 3.39. The number of carboxylic acids is 1. The smallest absolute Gasteiger partial charge is 0.475 e. The number of hydrogen-bond donors (Lipinski definition) is 4. The number of carboxylic acid groups (broad SMARTS) is 1. The third-order valence-corrected chi connectivity index (χ3v) is 7.78. The number of halogens is 3. The second-order valence-corrected chi connectivity index (χ2v) is 11.1. The quantitative estimate of drug-likeness (QED) is 0.421. The van der Waals surface area contributed by atoms with Crippen LogP contribution in [0.25, 0.3) is 11.1 Å². The van der Waals surface area contributed by atoms with Gasteiger partial charge in [0, 0.05) is 18.8 Å². The van der Waals surface area contributed by atoms with Crippen LogP contribution in [0, 0.1) is 0 Å². The molecule has 9 nitrogen and oxygen atoms in total. The molecule has 1 unspecified atom stereocenters. The van der Waals surface area contributed by atoms with Crippen LogP contribution in [0.2, 0.25) is 0 Å². The highest BCUT2D eigenvalue weighted by Gasteiger charge is 2.38. The lowest BCUT2D eigenvalue weighted by Crippen LogP contribution is -2.32. The lowest BCUT2D eigenvalue weighted by atomic mass is 10.1. The van der Waals surface area contributed by atoms with E-state index >= 15 is 0 Å². The van der Waals surface area contributed by atoms with Crippen molar-refractivity contribution >= 4 is 29.3 Å². The Morgan fingerprint density at radius 1 is 1.00 bits per heavy atom. The van der Waals surface area contributed by atoms with Gasteiger partial charge in [-0.25, -0.2) is 13.2 Å². The van der Waals surface area contributed by atoms with Gasteiger partial charge in [-0.1, -0.05) is 24.3 Å². The average Bonchev–Trinajstić information content (AvgIpc) is 3.28. The van der Waals surface area contributed by atoms with E-state index in [1.165, 1.54) is 30.7 Å². The van der Waals surface area contributed by atoms with Crippen molar-refractivity contribution in [3.05, 3.63) is 48.5 Å². The van der Waals surface area contributed by atoms with Crippen LogP contribution in [-0.4, -0.2) is 54.3 Å². The molecule has 1 atom stereocenters. The Hall–Kier alpha value is -2.44. The van der Waals surface area contributed by atoms with E-state index in [1.54, 1.807) is 12.1 Å². The maximum atomic E-state index is 12.3. The van der Waals surface area contributed by atoms with Crippen molar-refractivity contribution in [2.45, 2.75) is 36.6 Å². The number of benzene rings is 2. The zero-order chi connectivity index (χ0) is 25.7. The summed E-state index contributed by atoms with van der Waals surface area (Å²) < 4.78 is 69.5. The molecule has 0 saturated carbocycles. The maximum absolute atomic E-state index is 12.3. The highest BCUT2D eigenvalue weighted by atomic mass is 32.2. The molecule has 0 radical (unpaired) electrons. The minimum Gasteiger partial charge on any atom is -0.475 e. The molecule has 0 spiro atoms. The topological polar surface area (TPSA) is 144 Å². The van der Waals surface area contributed by atoms with Gasteiger partial charge in [0.05, 0.1) is 4.90 Å².